The number of rotatable bonds is 5. The van der Waals surface area contributed by atoms with Gasteiger partial charge in [0.2, 0.25) is 0 Å². The molecule has 2 nitrogen and oxygen atoms in total. The Labute approximate surface area is 102 Å². The molecule has 2 N–H and O–H groups in total. The highest BCUT2D eigenvalue weighted by Gasteiger charge is 2.08. The SMILES string of the molecule is CC(N)CCS(=O)Cc1ccc(Cl)cc1F. The second-order valence-corrected chi connectivity index (χ2v) is 5.80. The minimum Gasteiger partial charge on any atom is -0.328 e. The topological polar surface area (TPSA) is 43.1 Å². The summed E-state index contributed by atoms with van der Waals surface area (Å²) >= 11 is 5.62. The number of nitrogens with two attached hydrogens (primary N) is 1. The summed E-state index contributed by atoms with van der Waals surface area (Å²) in [4.78, 5) is 0. The van der Waals surface area contributed by atoms with Crippen LogP contribution in [0.25, 0.3) is 0 Å². The van der Waals surface area contributed by atoms with E-state index >= 15 is 0 Å². The maximum absolute atomic E-state index is 13.4. The molecule has 0 saturated heterocycles. The van der Waals surface area contributed by atoms with Crippen molar-refractivity contribution in [2.75, 3.05) is 5.75 Å². The van der Waals surface area contributed by atoms with Gasteiger partial charge in [-0.2, -0.15) is 0 Å². The highest BCUT2D eigenvalue weighted by atomic mass is 35.5. The molecule has 0 aliphatic heterocycles. The van der Waals surface area contributed by atoms with Crippen LogP contribution in [0.2, 0.25) is 5.02 Å². The zero-order valence-electron chi connectivity index (χ0n) is 9.08. The average molecular weight is 264 g/mol. The lowest BCUT2D eigenvalue weighted by atomic mass is 10.2. The van der Waals surface area contributed by atoms with E-state index in [0.29, 0.717) is 22.8 Å². The van der Waals surface area contributed by atoms with E-state index in [1.54, 1.807) is 12.1 Å². The third-order valence-electron chi connectivity index (χ3n) is 2.13. The molecule has 5 heteroatoms. The van der Waals surface area contributed by atoms with Gasteiger partial charge in [0.1, 0.15) is 5.82 Å². The van der Waals surface area contributed by atoms with E-state index < -0.39 is 16.6 Å². The second kappa shape index (κ2) is 6.33. The summed E-state index contributed by atoms with van der Waals surface area (Å²) in [5.41, 5.74) is 6.00. The largest absolute Gasteiger partial charge is 0.328 e. The molecule has 0 heterocycles. The average Bonchev–Trinajstić information content (AvgIpc) is 2.19. The van der Waals surface area contributed by atoms with Crippen molar-refractivity contribution in [3.63, 3.8) is 0 Å². The van der Waals surface area contributed by atoms with Crippen LogP contribution in [-0.4, -0.2) is 16.0 Å². The van der Waals surface area contributed by atoms with E-state index in [1.165, 1.54) is 6.07 Å². The lowest BCUT2D eigenvalue weighted by molar-refractivity contribution is 0.614. The van der Waals surface area contributed by atoms with Crippen LogP contribution in [0, 0.1) is 5.82 Å². The summed E-state index contributed by atoms with van der Waals surface area (Å²) in [7, 11) is -1.07. The highest BCUT2D eigenvalue weighted by Crippen LogP contribution is 2.16. The van der Waals surface area contributed by atoms with Crippen LogP contribution in [0.5, 0.6) is 0 Å². The monoisotopic (exact) mass is 263 g/mol. The molecule has 2 unspecified atom stereocenters. The smallest absolute Gasteiger partial charge is 0.128 e. The first-order valence-electron chi connectivity index (χ1n) is 5.03. The maximum atomic E-state index is 13.4. The molecule has 1 rings (SSSR count). The zero-order chi connectivity index (χ0) is 12.1. The fourth-order valence-corrected chi connectivity index (χ4v) is 2.72. The zero-order valence-corrected chi connectivity index (χ0v) is 10.7. The van der Waals surface area contributed by atoms with Crippen molar-refractivity contribution in [2.24, 2.45) is 5.73 Å². The van der Waals surface area contributed by atoms with Crippen LogP contribution in [0.4, 0.5) is 4.39 Å². The first-order chi connectivity index (χ1) is 7.49. The van der Waals surface area contributed by atoms with Crippen molar-refractivity contribution in [1.29, 1.82) is 0 Å². The summed E-state index contributed by atoms with van der Waals surface area (Å²) in [6.45, 7) is 1.86. The summed E-state index contributed by atoms with van der Waals surface area (Å²) in [5.74, 6) is 0.316. The Bertz CT molecular complexity index is 384. The van der Waals surface area contributed by atoms with E-state index in [4.69, 9.17) is 17.3 Å². The van der Waals surface area contributed by atoms with Gasteiger partial charge in [-0.25, -0.2) is 4.39 Å². The standard InChI is InChI=1S/C11H15ClFNOS/c1-8(14)4-5-16(15)7-9-2-3-10(12)6-11(9)13/h2-3,6,8H,4-5,7,14H2,1H3. The second-order valence-electron chi connectivity index (χ2n) is 3.79. The van der Waals surface area contributed by atoms with Crippen molar-refractivity contribution in [3.05, 3.63) is 34.6 Å². The van der Waals surface area contributed by atoms with Crippen molar-refractivity contribution in [3.8, 4) is 0 Å². The van der Waals surface area contributed by atoms with Gasteiger partial charge in [-0.15, -0.1) is 0 Å². The van der Waals surface area contributed by atoms with Crippen molar-refractivity contribution in [2.45, 2.75) is 25.1 Å². The minimum atomic E-state index is -1.07. The molecular weight excluding hydrogens is 249 g/mol. The fraction of sp³-hybridized carbons (Fsp3) is 0.455. The summed E-state index contributed by atoms with van der Waals surface area (Å²) in [6.07, 6.45) is 0.682. The fourth-order valence-electron chi connectivity index (χ4n) is 1.20. The van der Waals surface area contributed by atoms with Crippen molar-refractivity contribution in [1.82, 2.24) is 0 Å². The molecule has 0 fully saturated rings. The molecule has 1 aromatic carbocycles. The van der Waals surface area contributed by atoms with Gasteiger partial charge in [0.25, 0.3) is 0 Å². The third kappa shape index (κ3) is 4.60. The van der Waals surface area contributed by atoms with Crippen LogP contribution in [0.1, 0.15) is 18.9 Å². The van der Waals surface area contributed by atoms with Crippen LogP contribution in [0.15, 0.2) is 18.2 Å². The minimum absolute atomic E-state index is 0.0269. The van der Waals surface area contributed by atoms with E-state index in [9.17, 15) is 8.60 Å². The molecule has 0 aliphatic rings. The lowest BCUT2D eigenvalue weighted by Gasteiger charge is -2.06. The molecule has 0 aliphatic carbocycles. The summed E-state index contributed by atoms with van der Waals surface area (Å²) in [5, 5.41) is 0.350. The number of hydrogen-bond acceptors (Lipinski definition) is 2. The van der Waals surface area contributed by atoms with Crippen molar-refractivity contribution >= 4 is 22.4 Å². The molecule has 0 amide bonds. The molecule has 90 valence electrons. The van der Waals surface area contributed by atoms with Gasteiger partial charge in [-0.1, -0.05) is 17.7 Å². The molecule has 0 saturated carbocycles. The van der Waals surface area contributed by atoms with Gasteiger partial charge < -0.3 is 5.73 Å². The van der Waals surface area contributed by atoms with Crippen LogP contribution < -0.4 is 5.73 Å². The predicted octanol–water partition coefficient (Wildman–Crippen LogP) is 2.47. The molecule has 0 aromatic heterocycles. The van der Waals surface area contributed by atoms with Gasteiger partial charge in [0, 0.05) is 33.2 Å². The molecular formula is C11H15ClFNOS. The van der Waals surface area contributed by atoms with Gasteiger partial charge in [0.05, 0.1) is 5.75 Å². The number of halogens is 2. The van der Waals surface area contributed by atoms with Crippen molar-refractivity contribution < 1.29 is 8.60 Å². The molecule has 1 aromatic rings. The van der Waals surface area contributed by atoms with Gasteiger partial charge in [0.15, 0.2) is 0 Å². The summed E-state index contributed by atoms with van der Waals surface area (Å²) < 4.78 is 25.0. The lowest BCUT2D eigenvalue weighted by Crippen LogP contribution is -2.18. The van der Waals surface area contributed by atoms with E-state index in [-0.39, 0.29) is 11.8 Å². The van der Waals surface area contributed by atoms with E-state index in [1.807, 2.05) is 6.92 Å². The third-order valence-corrected chi connectivity index (χ3v) is 3.69. The molecule has 16 heavy (non-hydrogen) atoms. The van der Waals surface area contributed by atoms with E-state index in [2.05, 4.69) is 0 Å². The van der Waals surface area contributed by atoms with Crippen LogP contribution >= 0.6 is 11.6 Å². The van der Waals surface area contributed by atoms with Crippen LogP contribution in [-0.2, 0) is 16.6 Å². The molecule has 2 atom stereocenters. The highest BCUT2D eigenvalue weighted by molar-refractivity contribution is 7.84. The Balaban J connectivity index is 2.56. The Morgan fingerprint density at radius 1 is 1.56 bits per heavy atom. The molecule has 0 radical (unpaired) electrons. The number of hydrogen-bond donors (Lipinski definition) is 1. The Hall–Kier alpha value is -0.450. The van der Waals surface area contributed by atoms with Gasteiger partial charge >= 0.3 is 0 Å². The van der Waals surface area contributed by atoms with Gasteiger partial charge in [-0.05, 0) is 25.5 Å². The normalized spacial score (nSPS) is 14.8. The Kier molecular flexibility index (Phi) is 5.38. The first-order valence-corrected chi connectivity index (χ1v) is 6.90. The quantitative estimate of drug-likeness (QED) is 0.887. The Morgan fingerprint density at radius 2 is 2.25 bits per heavy atom. The Morgan fingerprint density at radius 3 is 2.81 bits per heavy atom. The first kappa shape index (κ1) is 13.6. The summed E-state index contributed by atoms with van der Waals surface area (Å²) in [6, 6.07) is 4.43. The van der Waals surface area contributed by atoms with Crippen LogP contribution in [0.3, 0.4) is 0 Å². The number of benzene rings is 1. The molecule has 0 spiro atoms. The van der Waals surface area contributed by atoms with Gasteiger partial charge in [-0.3, -0.25) is 4.21 Å². The predicted molar refractivity (Wildman–Crippen MR) is 66.4 cm³/mol. The van der Waals surface area contributed by atoms with E-state index in [0.717, 1.165) is 0 Å². The molecule has 0 bridgehead atoms. The maximum Gasteiger partial charge on any atom is 0.128 e.